The third-order valence-electron chi connectivity index (χ3n) is 3.20. The molecule has 1 fully saturated rings. The molecule has 0 aromatic heterocycles. The van der Waals surface area contributed by atoms with E-state index in [4.69, 9.17) is 10.8 Å². The third kappa shape index (κ3) is 3.15. The van der Waals surface area contributed by atoms with Crippen LogP contribution >= 0.6 is 12.4 Å². The first kappa shape index (κ1) is 14.8. The van der Waals surface area contributed by atoms with Crippen molar-refractivity contribution in [1.29, 1.82) is 0 Å². The van der Waals surface area contributed by atoms with E-state index < -0.39 is 5.97 Å². The number of carbonyl (C=O) groups is 1. The van der Waals surface area contributed by atoms with Crippen LogP contribution in [0, 0.1) is 12.8 Å². The molecule has 1 saturated carbocycles. The van der Waals surface area contributed by atoms with Gasteiger partial charge in [-0.25, -0.2) is 4.79 Å². The zero-order valence-corrected chi connectivity index (χ0v) is 11.0. The first-order valence-electron chi connectivity index (χ1n) is 5.81. The topological polar surface area (TPSA) is 83.5 Å². The minimum Gasteiger partial charge on any atom is -0.507 e. The van der Waals surface area contributed by atoms with Gasteiger partial charge in [-0.3, -0.25) is 0 Å². The lowest BCUT2D eigenvalue weighted by atomic mass is 9.96. The number of carboxylic acids is 1. The van der Waals surface area contributed by atoms with Crippen molar-refractivity contribution in [3.8, 4) is 5.75 Å². The molecule has 0 aliphatic heterocycles. The fourth-order valence-corrected chi connectivity index (χ4v) is 2.09. The molecule has 0 heterocycles. The van der Waals surface area contributed by atoms with Crippen LogP contribution in [0.25, 0.3) is 0 Å². The van der Waals surface area contributed by atoms with Gasteiger partial charge in [-0.2, -0.15) is 0 Å². The second kappa shape index (κ2) is 5.59. The number of nitrogens with two attached hydrogens (primary N) is 1. The van der Waals surface area contributed by atoms with Gasteiger partial charge in [-0.05, 0) is 30.9 Å². The Morgan fingerprint density at radius 1 is 1.50 bits per heavy atom. The van der Waals surface area contributed by atoms with Gasteiger partial charge in [-0.15, -0.1) is 12.4 Å². The summed E-state index contributed by atoms with van der Waals surface area (Å²) in [6.45, 7) is 1.80. The Morgan fingerprint density at radius 2 is 2.11 bits per heavy atom. The van der Waals surface area contributed by atoms with Crippen LogP contribution < -0.4 is 5.73 Å². The van der Waals surface area contributed by atoms with Gasteiger partial charge in [0, 0.05) is 11.6 Å². The third-order valence-corrected chi connectivity index (χ3v) is 3.20. The molecule has 0 saturated heterocycles. The Hall–Kier alpha value is -1.26. The summed E-state index contributed by atoms with van der Waals surface area (Å²) in [5.41, 5.74) is 7.32. The Balaban J connectivity index is 0.00000162. The van der Waals surface area contributed by atoms with E-state index >= 15 is 0 Å². The summed E-state index contributed by atoms with van der Waals surface area (Å²) in [7, 11) is 0. The Labute approximate surface area is 112 Å². The van der Waals surface area contributed by atoms with Gasteiger partial charge in [0.15, 0.2) is 0 Å². The van der Waals surface area contributed by atoms with Crippen molar-refractivity contribution in [3.63, 3.8) is 0 Å². The van der Waals surface area contributed by atoms with Crippen LogP contribution in [-0.2, 0) is 0 Å². The quantitative estimate of drug-likeness (QED) is 0.786. The molecule has 4 N–H and O–H groups in total. The summed E-state index contributed by atoms with van der Waals surface area (Å²) >= 11 is 0. The number of hydrogen-bond acceptors (Lipinski definition) is 3. The standard InChI is InChI=1S/C13H17NO3.ClH/c1-7-4-9(11(14)6-8-2-3-8)12(15)10(5-7)13(16)17;/h4-5,8,11,15H,2-3,6,14H2,1H3,(H,16,17);1H/t11-;/m1./s1. The van der Waals surface area contributed by atoms with Gasteiger partial charge in [0.25, 0.3) is 0 Å². The fourth-order valence-electron chi connectivity index (χ4n) is 2.09. The first-order chi connectivity index (χ1) is 7.99. The van der Waals surface area contributed by atoms with Crippen molar-refractivity contribution < 1.29 is 15.0 Å². The Bertz CT molecular complexity index is 458. The van der Waals surface area contributed by atoms with Crippen LogP contribution in [0.4, 0.5) is 0 Å². The monoisotopic (exact) mass is 271 g/mol. The Kier molecular flexibility index (Phi) is 4.59. The van der Waals surface area contributed by atoms with Crippen molar-refractivity contribution in [2.75, 3.05) is 0 Å². The van der Waals surface area contributed by atoms with Gasteiger partial charge in [0.2, 0.25) is 0 Å². The molecule has 18 heavy (non-hydrogen) atoms. The summed E-state index contributed by atoms with van der Waals surface area (Å²) in [6, 6.07) is 2.96. The molecular formula is C13H18ClNO3. The van der Waals surface area contributed by atoms with E-state index in [1.54, 1.807) is 13.0 Å². The summed E-state index contributed by atoms with van der Waals surface area (Å²) in [5, 5.41) is 18.9. The number of aryl methyl sites for hydroxylation is 1. The lowest BCUT2D eigenvalue weighted by Gasteiger charge is -2.15. The van der Waals surface area contributed by atoms with Crippen LogP contribution in [0.15, 0.2) is 12.1 Å². The Morgan fingerprint density at radius 3 is 2.61 bits per heavy atom. The van der Waals surface area contributed by atoms with Crippen molar-refractivity contribution in [2.45, 2.75) is 32.2 Å². The zero-order chi connectivity index (χ0) is 12.6. The number of benzene rings is 1. The van der Waals surface area contributed by atoms with E-state index in [2.05, 4.69) is 0 Å². The number of hydrogen-bond donors (Lipinski definition) is 3. The maximum Gasteiger partial charge on any atom is 0.339 e. The van der Waals surface area contributed by atoms with Crippen molar-refractivity contribution >= 4 is 18.4 Å². The van der Waals surface area contributed by atoms with E-state index in [1.807, 2.05) is 0 Å². The molecule has 1 aromatic carbocycles. The van der Waals surface area contributed by atoms with E-state index in [9.17, 15) is 9.90 Å². The molecule has 0 unspecified atom stereocenters. The number of aromatic hydroxyl groups is 1. The van der Waals surface area contributed by atoms with Gasteiger partial charge in [-0.1, -0.05) is 18.9 Å². The van der Waals surface area contributed by atoms with Crippen LogP contribution in [0.1, 0.15) is 46.8 Å². The molecule has 1 aromatic rings. The van der Waals surface area contributed by atoms with Crippen molar-refractivity contribution in [1.82, 2.24) is 0 Å². The molecule has 1 atom stereocenters. The highest BCUT2D eigenvalue weighted by atomic mass is 35.5. The molecule has 0 spiro atoms. The summed E-state index contributed by atoms with van der Waals surface area (Å²) in [5.74, 6) is -0.666. The second-order valence-corrected chi connectivity index (χ2v) is 4.84. The highest BCUT2D eigenvalue weighted by Gasteiger charge is 2.27. The van der Waals surface area contributed by atoms with Crippen molar-refractivity contribution in [2.24, 2.45) is 11.7 Å². The molecule has 0 amide bonds. The predicted molar refractivity (Wildman–Crippen MR) is 71.3 cm³/mol. The highest BCUT2D eigenvalue weighted by molar-refractivity contribution is 5.91. The number of carboxylic acid groups (broad SMARTS) is 1. The fraction of sp³-hybridized carbons (Fsp3) is 0.462. The summed E-state index contributed by atoms with van der Waals surface area (Å²) < 4.78 is 0. The van der Waals surface area contributed by atoms with Crippen LogP contribution in [0.3, 0.4) is 0 Å². The zero-order valence-electron chi connectivity index (χ0n) is 10.2. The first-order valence-corrected chi connectivity index (χ1v) is 5.81. The SMILES string of the molecule is Cc1cc(C(=O)O)c(O)c([C@H](N)CC2CC2)c1.Cl. The number of phenols is 1. The van der Waals surface area contributed by atoms with E-state index in [-0.39, 0.29) is 29.8 Å². The van der Waals surface area contributed by atoms with Gasteiger partial charge in [0.1, 0.15) is 11.3 Å². The molecule has 100 valence electrons. The van der Waals surface area contributed by atoms with Gasteiger partial charge in [0.05, 0.1) is 0 Å². The lowest BCUT2D eigenvalue weighted by Crippen LogP contribution is -2.13. The maximum atomic E-state index is 11.0. The number of aromatic carboxylic acids is 1. The number of halogens is 1. The molecule has 5 heteroatoms. The second-order valence-electron chi connectivity index (χ2n) is 4.84. The van der Waals surface area contributed by atoms with Crippen LogP contribution in [-0.4, -0.2) is 16.2 Å². The predicted octanol–water partition coefficient (Wildman–Crippen LogP) is 2.62. The normalized spacial score (nSPS) is 15.9. The molecule has 4 nitrogen and oxygen atoms in total. The molecular weight excluding hydrogens is 254 g/mol. The summed E-state index contributed by atoms with van der Waals surface area (Å²) in [4.78, 5) is 11.0. The summed E-state index contributed by atoms with van der Waals surface area (Å²) in [6.07, 6.45) is 3.19. The molecule has 1 aliphatic carbocycles. The maximum absolute atomic E-state index is 11.0. The van der Waals surface area contributed by atoms with Gasteiger partial charge < -0.3 is 15.9 Å². The molecule has 2 rings (SSSR count). The average molecular weight is 272 g/mol. The smallest absolute Gasteiger partial charge is 0.339 e. The molecule has 1 aliphatic rings. The molecule has 0 radical (unpaired) electrons. The largest absolute Gasteiger partial charge is 0.507 e. The minimum atomic E-state index is -1.12. The number of rotatable bonds is 4. The van der Waals surface area contributed by atoms with Crippen LogP contribution in [0.5, 0.6) is 5.75 Å². The highest BCUT2D eigenvalue weighted by Crippen LogP contribution is 2.39. The van der Waals surface area contributed by atoms with Crippen LogP contribution in [0.2, 0.25) is 0 Å². The van der Waals surface area contributed by atoms with E-state index in [0.29, 0.717) is 11.5 Å². The van der Waals surface area contributed by atoms with Gasteiger partial charge >= 0.3 is 5.97 Å². The van der Waals surface area contributed by atoms with E-state index in [1.165, 1.54) is 18.9 Å². The van der Waals surface area contributed by atoms with E-state index in [0.717, 1.165) is 12.0 Å². The lowest BCUT2D eigenvalue weighted by molar-refractivity contribution is 0.0693. The molecule has 0 bridgehead atoms. The van der Waals surface area contributed by atoms with Crippen molar-refractivity contribution in [3.05, 3.63) is 28.8 Å². The minimum absolute atomic E-state index is 0. The average Bonchev–Trinajstić information content (AvgIpc) is 3.04.